The van der Waals surface area contributed by atoms with Gasteiger partial charge in [0, 0.05) is 24.0 Å². The Morgan fingerprint density at radius 3 is 2.75 bits per heavy atom. The van der Waals surface area contributed by atoms with Gasteiger partial charge < -0.3 is 4.42 Å². The zero-order valence-electron chi connectivity index (χ0n) is 15.7. The smallest absolute Gasteiger partial charge is 0.276 e. The highest BCUT2D eigenvalue weighted by molar-refractivity contribution is 7.98. The summed E-state index contributed by atoms with van der Waals surface area (Å²) < 4.78 is 5.86. The number of hydrogen-bond donors (Lipinski definition) is 0. The van der Waals surface area contributed by atoms with Gasteiger partial charge in [-0.15, -0.1) is 21.5 Å². The predicted molar refractivity (Wildman–Crippen MR) is 111 cm³/mol. The second-order valence-electron chi connectivity index (χ2n) is 6.84. The summed E-state index contributed by atoms with van der Waals surface area (Å²) in [5.74, 6) is 1.75. The fourth-order valence-corrected chi connectivity index (χ4v) is 5.05. The van der Waals surface area contributed by atoms with Crippen LogP contribution in [0.5, 0.6) is 0 Å². The van der Waals surface area contributed by atoms with Gasteiger partial charge in [-0.2, -0.15) is 0 Å². The highest BCUT2D eigenvalue weighted by atomic mass is 32.2. The number of para-hydroxylation sites is 1. The lowest BCUT2D eigenvalue weighted by Crippen LogP contribution is -2.22. The Kier molecular flexibility index (Phi) is 6.07. The standard InChI is InChI=1S/C20H22N4O2S2/c1-14(25)24(17-10-6-3-7-11-17)19-21-16(12-27-19)13-28-20-23-22-18(26-20)15-8-4-2-5-9-15/h3,6-7,10-12,15H,2,4-5,8-9,13H2,1H3. The minimum absolute atomic E-state index is 0.0613. The highest BCUT2D eigenvalue weighted by Gasteiger charge is 2.22. The van der Waals surface area contributed by atoms with Crippen LogP contribution in [0.1, 0.15) is 56.5 Å². The van der Waals surface area contributed by atoms with Crippen LogP contribution in [0.2, 0.25) is 0 Å². The third-order valence-electron chi connectivity index (χ3n) is 4.78. The van der Waals surface area contributed by atoms with Crippen molar-refractivity contribution in [1.29, 1.82) is 0 Å². The summed E-state index contributed by atoms with van der Waals surface area (Å²) in [6, 6.07) is 9.56. The Bertz CT molecular complexity index is 919. The fraction of sp³-hybridized carbons (Fsp3) is 0.400. The van der Waals surface area contributed by atoms with Crippen LogP contribution in [0.3, 0.4) is 0 Å². The van der Waals surface area contributed by atoms with E-state index in [1.807, 2.05) is 35.7 Å². The van der Waals surface area contributed by atoms with Crippen molar-refractivity contribution < 1.29 is 9.21 Å². The minimum atomic E-state index is -0.0613. The van der Waals surface area contributed by atoms with Gasteiger partial charge in [0.05, 0.1) is 11.4 Å². The molecule has 0 spiro atoms. The Morgan fingerprint density at radius 2 is 2.00 bits per heavy atom. The van der Waals surface area contributed by atoms with Crippen molar-refractivity contribution in [2.45, 2.75) is 55.9 Å². The molecular formula is C20H22N4O2S2. The van der Waals surface area contributed by atoms with Gasteiger partial charge in [0.15, 0.2) is 5.13 Å². The van der Waals surface area contributed by atoms with Crippen LogP contribution in [0.25, 0.3) is 0 Å². The average Bonchev–Trinajstić information content (AvgIpc) is 3.38. The molecule has 6 nitrogen and oxygen atoms in total. The van der Waals surface area contributed by atoms with Gasteiger partial charge in [-0.3, -0.25) is 9.69 Å². The van der Waals surface area contributed by atoms with Crippen LogP contribution in [0.15, 0.2) is 45.4 Å². The first-order valence-corrected chi connectivity index (χ1v) is 11.3. The molecule has 146 valence electrons. The minimum Gasteiger partial charge on any atom is -0.416 e. The molecule has 28 heavy (non-hydrogen) atoms. The normalized spacial score (nSPS) is 14.9. The molecule has 0 radical (unpaired) electrons. The first-order chi connectivity index (χ1) is 13.7. The maximum Gasteiger partial charge on any atom is 0.276 e. The number of aromatic nitrogens is 3. The van der Waals surface area contributed by atoms with E-state index in [1.165, 1.54) is 42.4 Å². The second kappa shape index (κ2) is 8.87. The van der Waals surface area contributed by atoms with Gasteiger partial charge in [0.2, 0.25) is 11.8 Å². The van der Waals surface area contributed by atoms with Crippen LogP contribution in [0.4, 0.5) is 10.8 Å². The Labute approximate surface area is 172 Å². The Morgan fingerprint density at radius 1 is 1.21 bits per heavy atom. The first kappa shape index (κ1) is 19.1. The van der Waals surface area contributed by atoms with Gasteiger partial charge in [-0.05, 0) is 25.0 Å². The van der Waals surface area contributed by atoms with E-state index in [4.69, 9.17) is 4.42 Å². The summed E-state index contributed by atoms with van der Waals surface area (Å²) in [5, 5.41) is 11.6. The third kappa shape index (κ3) is 4.44. The lowest BCUT2D eigenvalue weighted by molar-refractivity contribution is -0.115. The monoisotopic (exact) mass is 414 g/mol. The highest BCUT2D eigenvalue weighted by Crippen LogP contribution is 2.34. The van der Waals surface area contributed by atoms with Crippen molar-refractivity contribution in [2.24, 2.45) is 0 Å². The van der Waals surface area contributed by atoms with Crippen LogP contribution in [-0.2, 0) is 10.5 Å². The molecule has 2 heterocycles. The zero-order valence-corrected chi connectivity index (χ0v) is 17.3. The SMILES string of the molecule is CC(=O)N(c1ccccc1)c1nc(CSc2nnc(C3CCCCC3)o2)cs1. The number of amides is 1. The molecule has 0 unspecified atom stereocenters. The van der Waals surface area contributed by atoms with E-state index in [9.17, 15) is 4.79 Å². The zero-order chi connectivity index (χ0) is 19.3. The molecule has 0 bridgehead atoms. The van der Waals surface area contributed by atoms with Crippen molar-refractivity contribution in [1.82, 2.24) is 15.2 Å². The number of anilines is 2. The number of nitrogens with zero attached hydrogens (tertiary/aromatic N) is 4. The third-order valence-corrected chi connectivity index (χ3v) is 6.51. The molecule has 1 amide bonds. The van der Waals surface area contributed by atoms with E-state index in [0.29, 0.717) is 22.0 Å². The molecule has 1 fully saturated rings. The van der Waals surface area contributed by atoms with Crippen LogP contribution >= 0.6 is 23.1 Å². The molecule has 1 aliphatic rings. The molecule has 4 rings (SSSR count). The van der Waals surface area contributed by atoms with Gasteiger partial charge in [0.25, 0.3) is 5.22 Å². The largest absolute Gasteiger partial charge is 0.416 e. The Hall–Kier alpha value is -2.19. The first-order valence-electron chi connectivity index (χ1n) is 9.47. The van der Waals surface area contributed by atoms with Gasteiger partial charge in [-0.25, -0.2) is 4.98 Å². The fourth-order valence-electron chi connectivity index (χ4n) is 3.40. The number of carbonyl (C=O) groups is 1. The molecule has 2 aromatic heterocycles. The van der Waals surface area contributed by atoms with E-state index >= 15 is 0 Å². The van der Waals surface area contributed by atoms with Gasteiger partial charge in [0.1, 0.15) is 0 Å². The average molecular weight is 415 g/mol. The number of thiazole rings is 1. The van der Waals surface area contributed by atoms with E-state index < -0.39 is 0 Å². The molecule has 0 saturated heterocycles. The van der Waals surface area contributed by atoms with E-state index in [2.05, 4.69) is 15.2 Å². The number of carbonyl (C=O) groups excluding carboxylic acids is 1. The second-order valence-corrected chi connectivity index (χ2v) is 8.60. The summed E-state index contributed by atoms with van der Waals surface area (Å²) in [6.07, 6.45) is 6.07. The summed E-state index contributed by atoms with van der Waals surface area (Å²) in [6.45, 7) is 1.55. The topological polar surface area (TPSA) is 72.1 Å². The van der Waals surface area contributed by atoms with Crippen molar-refractivity contribution in [3.8, 4) is 0 Å². The molecule has 1 aliphatic carbocycles. The molecule has 1 aromatic carbocycles. The van der Waals surface area contributed by atoms with Crippen molar-refractivity contribution in [3.05, 3.63) is 47.3 Å². The maximum atomic E-state index is 12.1. The van der Waals surface area contributed by atoms with Gasteiger partial charge >= 0.3 is 0 Å². The van der Waals surface area contributed by atoms with E-state index in [1.54, 1.807) is 11.8 Å². The molecule has 1 saturated carbocycles. The summed E-state index contributed by atoms with van der Waals surface area (Å²) >= 11 is 2.95. The van der Waals surface area contributed by atoms with Crippen molar-refractivity contribution >= 4 is 39.8 Å². The van der Waals surface area contributed by atoms with Crippen molar-refractivity contribution in [2.75, 3.05) is 4.90 Å². The summed E-state index contributed by atoms with van der Waals surface area (Å²) in [4.78, 5) is 18.4. The lowest BCUT2D eigenvalue weighted by atomic mass is 9.89. The Balaban J connectivity index is 1.41. The molecule has 3 aromatic rings. The summed E-state index contributed by atoms with van der Waals surface area (Å²) in [7, 11) is 0. The quantitative estimate of drug-likeness (QED) is 0.492. The van der Waals surface area contributed by atoms with Crippen LogP contribution < -0.4 is 4.90 Å². The van der Waals surface area contributed by atoms with Crippen LogP contribution in [0, 0.1) is 0 Å². The molecule has 0 aliphatic heterocycles. The number of benzene rings is 1. The van der Waals surface area contributed by atoms with Crippen LogP contribution in [-0.4, -0.2) is 21.1 Å². The van der Waals surface area contributed by atoms with E-state index in [-0.39, 0.29) is 5.91 Å². The maximum absolute atomic E-state index is 12.1. The number of hydrogen-bond acceptors (Lipinski definition) is 7. The molecule has 8 heteroatoms. The lowest BCUT2D eigenvalue weighted by Gasteiger charge is -2.17. The summed E-state index contributed by atoms with van der Waals surface area (Å²) in [5.41, 5.74) is 1.71. The molecular weight excluding hydrogens is 392 g/mol. The number of thioether (sulfide) groups is 1. The predicted octanol–water partition coefficient (Wildman–Crippen LogP) is 5.55. The van der Waals surface area contributed by atoms with Crippen molar-refractivity contribution in [3.63, 3.8) is 0 Å². The van der Waals surface area contributed by atoms with E-state index in [0.717, 1.165) is 30.1 Å². The molecule has 0 atom stereocenters. The molecule has 0 N–H and O–H groups in total. The number of rotatable bonds is 6. The van der Waals surface area contributed by atoms with Gasteiger partial charge in [-0.1, -0.05) is 49.2 Å².